The number of anilines is 2. The molecule has 244 valence electrons. The number of fused-ring (bicyclic) bond motifs is 16. The predicted octanol–water partition coefficient (Wildman–Crippen LogP) is 12.1. The van der Waals surface area contributed by atoms with Gasteiger partial charge in [-0.25, -0.2) is 0 Å². The third-order valence-corrected chi connectivity index (χ3v) is 13.6. The van der Waals surface area contributed by atoms with E-state index in [0.29, 0.717) is 17.8 Å². The SMILES string of the molecule is C1=CC2C(C=C1c1ccc3c(c1)-c1ccccc1C3)c1ccccc1N2c1ccc2c(c1)C1(c3ccccc3-c3ccccc31)C1CCCCC21. The normalized spacial score (nSPS) is 23.5. The maximum absolute atomic E-state index is 2.66. The fourth-order valence-corrected chi connectivity index (χ4v) is 11.7. The third kappa shape index (κ3) is 3.67. The molecule has 51 heavy (non-hydrogen) atoms. The van der Waals surface area contributed by atoms with Crippen LogP contribution >= 0.6 is 0 Å². The Kier molecular flexibility index (Phi) is 5.73. The summed E-state index contributed by atoms with van der Waals surface area (Å²) in [6.07, 6.45) is 13.7. The van der Waals surface area contributed by atoms with Gasteiger partial charge < -0.3 is 4.90 Å². The van der Waals surface area contributed by atoms with Crippen molar-refractivity contribution in [3.8, 4) is 22.3 Å². The van der Waals surface area contributed by atoms with Crippen molar-refractivity contribution < 1.29 is 0 Å². The molecule has 0 bridgehead atoms. The van der Waals surface area contributed by atoms with Gasteiger partial charge in [0.1, 0.15) is 0 Å². The zero-order chi connectivity index (χ0) is 33.3. The summed E-state index contributed by atoms with van der Waals surface area (Å²) in [5, 5.41) is 0. The molecule has 1 heteroatoms. The van der Waals surface area contributed by atoms with E-state index in [1.807, 2.05) is 0 Å². The van der Waals surface area contributed by atoms with Gasteiger partial charge >= 0.3 is 0 Å². The quantitative estimate of drug-likeness (QED) is 0.179. The Labute approximate surface area is 300 Å². The molecule has 1 spiro atoms. The molecule has 1 nitrogen and oxygen atoms in total. The molecular formula is C50H39N. The van der Waals surface area contributed by atoms with Crippen molar-refractivity contribution in [2.24, 2.45) is 5.92 Å². The van der Waals surface area contributed by atoms with Crippen LogP contribution in [0.1, 0.15) is 82.0 Å². The molecule has 0 radical (unpaired) electrons. The van der Waals surface area contributed by atoms with E-state index >= 15 is 0 Å². The lowest BCUT2D eigenvalue weighted by molar-refractivity contribution is 0.265. The van der Waals surface area contributed by atoms with Gasteiger partial charge in [0, 0.05) is 17.3 Å². The summed E-state index contributed by atoms with van der Waals surface area (Å²) in [5.74, 6) is 1.50. The zero-order valence-electron chi connectivity index (χ0n) is 28.7. The molecule has 0 aromatic heterocycles. The smallest absolute Gasteiger partial charge is 0.0630 e. The number of nitrogens with zero attached hydrogens (tertiary/aromatic N) is 1. The van der Waals surface area contributed by atoms with Crippen molar-refractivity contribution in [1.82, 2.24) is 0 Å². The molecule has 6 aliphatic rings. The van der Waals surface area contributed by atoms with Crippen LogP contribution in [0.15, 0.2) is 152 Å². The van der Waals surface area contributed by atoms with Crippen molar-refractivity contribution in [2.75, 3.05) is 4.90 Å². The molecule has 4 unspecified atom stereocenters. The van der Waals surface area contributed by atoms with E-state index in [9.17, 15) is 0 Å². The van der Waals surface area contributed by atoms with Crippen LogP contribution in [0.4, 0.5) is 11.4 Å². The molecule has 6 aromatic rings. The third-order valence-electron chi connectivity index (χ3n) is 13.6. The van der Waals surface area contributed by atoms with Crippen LogP contribution < -0.4 is 4.90 Å². The Hall–Kier alpha value is -5.40. The molecular weight excluding hydrogens is 615 g/mol. The van der Waals surface area contributed by atoms with Crippen LogP contribution in [-0.4, -0.2) is 6.04 Å². The van der Waals surface area contributed by atoms with Gasteiger partial charge in [-0.2, -0.15) is 0 Å². The highest BCUT2D eigenvalue weighted by Gasteiger charge is 2.58. The first kappa shape index (κ1) is 28.3. The molecule has 1 saturated carbocycles. The van der Waals surface area contributed by atoms with Crippen LogP contribution in [0.2, 0.25) is 0 Å². The van der Waals surface area contributed by atoms with Gasteiger partial charge in [-0.3, -0.25) is 0 Å². The maximum Gasteiger partial charge on any atom is 0.0630 e. The summed E-state index contributed by atoms with van der Waals surface area (Å²) in [4.78, 5) is 2.66. The average Bonchev–Trinajstić information content (AvgIpc) is 3.91. The Morgan fingerprint density at radius 3 is 2.16 bits per heavy atom. The van der Waals surface area contributed by atoms with Gasteiger partial charge in [-0.1, -0.05) is 140 Å². The number of hydrogen-bond donors (Lipinski definition) is 0. The summed E-state index contributed by atoms with van der Waals surface area (Å²) < 4.78 is 0. The highest BCUT2D eigenvalue weighted by Crippen LogP contribution is 2.67. The van der Waals surface area contributed by atoms with Gasteiger partial charge in [0.05, 0.1) is 11.5 Å². The minimum absolute atomic E-state index is 0.0933. The van der Waals surface area contributed by atoms with E-state index in [2.05, 4.69) is 157 Å². The minimum Gasteiger partial charge on any atom is -0.333 e. The van der Waals surface area contributed by atoms with Gasteiger partial charge in [-0.05, 0) is 128 Å². The van der Waals surface area contributed by atoms with E-state index in [0.717, 1.165) is 6.42 Å². The number of allylic oxidation sites excluding steroid dienone is 2. The minimum atomic E-state index is -0.0933. The van der Waals surface area contributed by atoms with Crippen LogP contribution in [0.25, 0.3) is 27.8 Å². The second kappa shape index (κ2) is 10.3. The van der Waals surface area contributed by atoms with E-state index in [4.69, 9.17) is 0 Å². The number of rotatable bonds is 2. The Balaban J connectivity index is 0.996. The summed E-state index contributed by atoms with van der Waals surface area (Å²) in [7, 11) is 0. The Morgan fingerprint density at radius 2 is 1.29 bits per heavy atom. The first-order valence-electron chi connectivity index (χ1n) is 19.1. The fraction of sp³-hybridized carbons (Fsp3) is 0.200. The fourth-order valence-electron chi connectivity index (χ4n) is 11.7. The molecule has 12 rings (SSSR count). The summed E-state index contributed by atoms with van der Waals surface area (Å²) in [5.41, 5.74) is 21.4. The highest BCUT2D eigenvalue weighted by molar-refractivity contribution is 5.88. The van der Waals surface area contributed by atoms with E-state index < -0.39 is 0 Å². The number of hydrogen-bond acceptors (Lipinski definition) is 1. The van der Waals surface area contributed by atoms with Crippen molar-refractivity contribution in [2.45, 2.75) is 55.4 Å². The highest BCUT2D eigenvalue weighted by atomic mass is 15.2. The summed E-state index contributed by atoms with van der Waals surface area (Å²) >= 11 is 0. The lowest BCUT2D eigenvalue weighted by atomic mass is 9.63. The standard InChI is InChI=1S/C50H39N/c1-2-12-36-33(11-1)27-34-22-21-31(28-42(34)36)32-23-26-49-43(29-32)41-16-6-10-20-48(41)51(49)35-24-25-40-39-15-5-9-19-46(39)50(47(40)30-35)44-17-7-3-13-37(44)38-14-4-8-18-45(38)50/h1-4,6-8,10-14,16-18,20-26,28-30,39,43,46,49H,5,9,15,19,27H2. The molecule has 0 amide bonds. The van der Waals surface area contributed by atoms with E-state index in [1.165, 1.54) is 98.3 Å². The van der Waals surface area contributed by atoms with Gasteiger partial charge in [-0.15, -0.1) is 0 Å². The first-order chi connectivity index (χ1) is 25.3. The maximum atomic E-state index is 2.66. The van der Waals surface area contributed by atoms with Crippen LogP contribution in [0.5, 0.6) is 0 Å². The Bertz CT molecular complexity index is 2470. The van der Waals surface area contributed by atoms with E-state index in [1.54, 1.807) is 11.1 Å². The molecule has 4 atom stereocenters. The second-order valence-electron chi connectivity index (χ2n) is 15.8. The van der Waals surface area contributed by atoms with Gasteiger partial charge in [0.15, 0.2) is 0 Å². The first-order valence-corrected chi connectivity index (χ1v) is 19.1. The number of benzene rings is 6. The van der Waals surface area contributed by atoms with Crippen LogP contribution in [0, 0.1) is 5.92 Å². The van der Waals surface area contributed by atoms with Crippen molar-refractivity contribution >= 4 is 16.9 Å². The van der Waals surface area contributed by atoms with Crippen LogP contribution in [0.3, 0.4) is 0 Å². The predicted molar refractivity (Wildman–Crippen MR) is 210 cm³/mol. The number of para-hydroxylation sites is 1. The Morgan fingerprint density at radius 1 is 0.569 bits per heavy atom. The monoisotopic (exact) mass is 653 g/mol. The molecule has 1 fully saturated rings. The van der Waals surface area contributed by atoms with Gasteiger partial charge in [0.2, 0.25) is 0 Å². The average molecular weight is 654 g/mol. The molecule has 0 saturated heterocycles. The zero-order valence-corrected chi connectivity index (χ0v) is 28.7. The second-order valence-corrected chi connectivity index (χ2v) is 15.8. The largest absolute Gasteiger partial charge is 0.333 e. The summed E-state index contributed by atoms with van der Waals surface area (Å²) in [6, 6.07) is 51.8. The molecule has 0 N–H and O–H groups in total. The molecule has 5 aliphatic carbocycles. The van der Waals surface area contributed by atoms with Gasteiger partial charge in [0.25, 0.3) is 0 Å². The lowest BCUT2D eigenvalue weighted by Gasteiger charge is -2.40. The van der Waals surface area contributed by atoms with E-state index in [-0.39, 0.29) is 11.5 Å². The molecule has 6 aromatic carbocycles. The topological polar surface area (TPSA) is 3.24 Å². The molecule has 1 aliphatic heterocycles. The van der Waals surface area contributed by atoms with Crippen LogP contribution in [-0.2, 0) is 11.8 Å². The summed E-state index contributed by atoms with van der Waals surface area (Å²) in [6.45, 7) is 0. The van der Waals surface area contributed by atoms with Crippen molar-refractivity contribution in [3.05, 3.63) is 196 Å². The van der Waals surface area contributed by atoms with Crippen molar-refractivity contribution in [1.29, 1.82) is 0 Å². The van der Waals surface area contributed by atoms with Crippen molar-refractivity contribution in [3.63, 3.8) is 0 Å². The molecule has 1 heterocycles. The lowest BCUT2D eigenvalue weighted by Crippen LogP contribution is -2.35.